The first-order chi connectivity index (χ1) is 66.7. The van der Waals surface area contributed by atoms with Crippen molar-refractivity contribution < 1.29 is 14.2 Å². The summed E-state index contributed by atoms with van der Waals surface area (Å²) in [5.41, 5.74) is 0. The molecule has 0 radical (unpaired) electrons. The van der Waals surface area contributed by atoms with Crippen molar-refractivity contribution in [2.24, 2.45) is 0 Å². The Labute approximate surface area is 877 Å². The minimum Gasteiger partial charge on any atom is -0.381 e. The monoisotopic (exact) mass is 1970 g/mol. The lowest BCUT2D eigenvalue weighted by Crippen LogP contribution is -1.97. The summed E-state index contributed by atoms with van der Waals surface area (Å²) in [4.78, 5) is 0. The maximum atomic E-state index is 5.56. The van der Waals surface area contributed by atoms with Gasteiger partial charge >= 0.3 is 0 Å². The molecule has 0 aromatic rings. The first-order valence-corrected chi connectivity index (χ1v) is 67.7. The first-order valence-electron chi connectivity index (χ1n) is 64.2. The van der Waals surface area contributed by atoms with Crippen LogP contribution in [-0.2, 0) is 14.2 Å². The minimum absolute atomic E-state index is 0.941. The summed E-state index contributed by atoms with van der Waals surface area (Å²) >= 11 is 6.44. The van der Waals surface area contributed by atoms with Gasteiger partial charge in [0, 0.05) is 39.6 Å². The average molecular weight is 1970 g/mol. The zero-order valence-corrected chi connectivity index (χ0v) is 101. The Bertz CT molecular complexity index is 1280. The number of ether oxygens (including phenoxy) is 3. The predicted molar refractivity (Wildman–Crippen MR) is 644 cm³/mol. The summed E-state index contributed by atoms with van der Waals surface area (Å²) in [5.74, 6) is 8.33. The van der Waals surface area contributed by atoms with E-state index in [0.29, 0.717) is 0 Å². The molecule has 0 bridgehead atoms. The molecule has 0 amide bonds. The van der Waals surface area contributed by atoms with Crippen LogP contribution in [0.5, 0.6) is 0 Å². The van der Waals surface area contributed by atoms with Gasteiger partial charge in [-0.2, -0.15) is 35.3 Å². The summed E-state index contributed by atoms with van der Waals surface area (Å²) in [6.07, 6.45) is 141. The van der Waals surface area contributed by atoms with E-state index in [2.05, 4.69) is 160 Å². The Morgan fingerprint density at radius 3 is 0.348 bits per heavy atom. The zero-order chi connectivity index (χ0) is 101. The maximum Gasteiger partial charge on any atom is 0.0466 e. The van der Waals surface area contributed by atoms with E-state index in [4.69, 9.17) is 14.2 Å². The third-order valence-electron chi connectivity index (χ3n) is 26.2. The van der Waals surface area contributed by atoms with E-state index in [0.717, 1.165) is 46.1 Å². The molecule has 828 valence electrons. The largest absolute Gasteiger partial charge is 0.381 e. The standard InChI is InChI=1S/C17H36.C16H34O.C16H34S.2C14H30.2C13H28O.2C13H28S/c1-3-5-7-9-11-13-15-17-16-14-12-10-8-6-4-2;2*1-3-5-7-8-9-10-11-12-13-14-16-17-15-6-4-2;2*1-3-5-7-9-11-13-14-12-10-8-6-4-2;1-3-5-6-7-8-9-10-11-13-14-12-4-2;1-3-5-7-9-11-13-14-12-10-8-6-4-2;1-3-5-6-7-8-9-10-11-13-14-12-4-2;1-3-5-7-9-11-13-14-12-10-8-6-4-2/h3-17H2,1-2H3;2*3-16H2,1-2H3;2*3-14H2,1-2H3;4*3-13H2,1-2H3. The molecule has 135 heavy (non-hydrogen) atoms. The first kappa shape index (κ1) is 154. The van der Waals surface area contributed by atoms with Gasteiger partial charge in [0.05, 0.1) is 0 Å². The molecule has 0 aliphatic rings. The molecule has 0 atom stereocenters. The van der Waals surface area contributed by atoms with E-state index in [1.165, 1.54) is 664 Å². The van der Waals surface area contributed by atoms with E-state index < -0.39 is 0 Å². The molecule has 0 N–H and O–H groups in total. The van der Waals surface area contributed by atoms with Gasteiger partial charge in [-0.3, -0.25) is 0 Å². The van der Waals surface area contributed by atoms with Gasteiger partial charge < -0.3 is 14.2 Å². The van der Waals surface area contributed by atoms with Crippen LogP contribution in [-0.4, -0.2) is 74.2 Å². The zero-order valence-electron chi connectivity index (χ0n) is 98.9. The highest BCUT2D eigenvalue weighted by atomic mass is 32.2. The van der Waals surface area contributed by atoms with E-state index in [1.807, 2.05) is 0 Å². The number of hydrogen-bond acceptors (Lipinski definition) is 6. The molecule has 0 spiro atoms. The highest BCUT2D eigenvalue weighted by Crippen LogP contribution is 2.21. The van der Waals surface area contributed by atoms with Crippen molar-refractivity contribution in [1.82, 2.24) is 0 Å². The highest BCUT2D eigenvalue weighted by molar-refractivity contribution is 7.99. The molecule has 0 aliphatic heterocycles. The van der Waals surface area contributed by atoms with Gasteiger partial charge in [-0.15, -0.1) is 0 Å². The molecule has 0 heterocycles. The van der Waals surface area contributed by atoms with Crippen LogP contribution in [0, 0.1) is 0 Å². The van der Waals surface area contributed by atoms with E-state index >= 15 is 0 Å². The topological polar surface area (TPSA) is 27.7 Å². The summed E-state index contributed by atoms with van der Waals surface area (Å²) < 4.78 is 16.5. The SMILES string of the molecule is CCCCCCCCCCCCCC.CCCCCCCCCCCCCC.CCCCCCCCCCCCCCCCC.CCCCCCCCCCCCOCCCC.CCCCCCCCCCCCSCCCC.CCCCCCCCCCOCCC.CCCCCCCCCCSCCC.CCCCCCCOCCCCCC.CCCCCCCSCCCCCC. The van der Waals surface area contributed by atoms with Gasteiger partial charge in [-0.1, -0.05) is 683 Å². The van der Waals surface area contributed by atoms with Crippen molar-refractivity contribution >= 4 is 35.3 Å². The van der Waals surface area contributed by atoms with Gasteiger partial charge in [0.25, 0.3) is 0 Å². The molecule has 0 fully saturated rings. The molecule has 6 heteroatoms. The Morgan fingerprint density at radius 2 is 0.193 bits per heavy atom. The van der Waals surface area contributed by atoms with Gasteiger partial charge in [0.1, 0.15) is 0 Å². The van der Waals surface area contributed by atoms with Crippen LogP contribution >= 0.6 is 35.3 Å². The van der Waals surface area contributed by atoms with Gasteiger partial charge in [0.2, 0.25) is 0 Å². The van der Waals surface area contributed by atoms with Crippen molar-refractivity contribution in [1.29, 1.82) is 0 Å². The second-order valence-electron chi connectivity index (χ2n) is 41.3. The van der Waals surface area contributed by atoms with Crippen molar-refractivity contribution in [3.63, 3.8) is 0 Å². The van der Waals surface area contributed by atoms with Gasteiger partial charge in [0.15, 0.2) is 0 Å². The molecule has 0 aliphatic carbocycles. The predicted octanol–water partition coefficient (Wildman–Crippen LogP) is 50.1. The van der Waals surface area contributed by atoms with E-state index in [9.17, 15) is 0 Å². The normalized spacial score (nSPS) is 10.8. The van der Waals surface area contributed by atoms with Crippen LogP contribution in [0.4, 0.5) is 0 Å². The molecule has 0 saturated heterocycles. The Morgan fingerprint density at radius 1 is 0.0815 bits per heavy atom. The van der Waals surface area contributed by atoms with Crippen LogP contribution in [0.1, 0.15) is 760 Å². The minimum atomic E-state index is 0.941. The lowest BCUT2D eigenvalue weighted by Gasteiger charge is -2.03. The third kappa shape index (κ3) is 201. The molecule has 0 saturated carbocycles. The lowest BCUT2D eigenvalue weighted by molar-refractivity contribution is 0.126. The van der Waals surface area contributed by atoms with Crippen LogP contribution in [0.25, 0.3) is 0 Å². The maximum absolute atomic E-state index is 5.56. The summed E-state index contributed by atoms with van der Waals surface area (Å²) in [7, 11) is 0. The van der Waals surface area contributed by atoms with Crippen LogP contribution < -0.4 is 0 Å². The number of rotatable bonds is 108. The fraction of sp³-hybridized carbons (Fsp3) is 1.00. The highest BCUT2D eigenvalue weighted by Gasteiger charge is 2.02. The van der Waals surface area contributed by atoms with Gasteiger partial charge in [-0.05, 0) is 112 Å². The molecule has 0 aromatic carbocycles. The van der Waals surface area contributed by atoms with E-state index in [-0.39, 0.29) is 0 Å². The molecule has 0 aromatic heterocycles. The van der Waals surface area contributed by atoms with Crippen molar-refractivity contribution in [2.75, 3.05) is 74.2 Å². The van der Waals surface area contributed by atoms with Crippen LogP contribution in [0.15, 0.2) is 0 Å². The molecular formula is C129H276O3S3. The quantitative estimate of drug-likeness (QED) is 0.0564. The van der Waals surface area contributed by atoms with Crippen molar-refractivity contribution in [2.45, 2.75) is 760 Å². The van der Waals surface area contributed by atoms with Gasteiger partial charge in [-0.25, -0.2) is 0 Å². The van der Waals surface area contributed by atoms with Crippen LogP contribution in [0.2, 0.25) is 0 Å². The fourth-order valence-corrected chi connectivity index (χ4v) is 19.6. The smallest absolute Gasteiger partial charge is 0.0466 e. The molecular weight excluding hydrogens is 1690 g/mol. The Kier molecular flexibility index (Phi) is 198. The summed E-state index contributed by atoms with van der Waals surface area (Å²) in [5, 5.41) is 0. The molecule has 0 rings (SSSR count). The van der Waals surface area contributed by atoms with Crippen molar-refractivity contribution in [3.8, 4) is 0 Å². The van der Waals surface area contributed by atoms with Crippen molar-refractivity contribution in [3.05, 3.63) is 0 Å². The average Bonchev–Trinajstić information content (AvgIpc) is 1.18. The molecule has 3 nitrogen and oxygen atoms in total. The van der Waals surface area contributed by atoms with Crippen LogP contribution in [0.3, 0.4) is 0 Å². The summed E-state index contributed by atoms with van der Waals surface area (Å²) in [6, 6.07) is 0. The Balaban J connectivity index is -0.000000189. The second-order valence-corrected chi connectivity index (χ2v) is 45.0. The second kappa shape index (κ2) is 174. The fourth-order valence-electron chi connectivity index (χ4n) is 16.6. The third-order valence-corrected chi connectivity index (χ3v) is 29.8. The Hall–Kier alpha value is 0.930. The number of thioether (sulfide) groups is 3. The van der Waals surface area contributed by atoms with E-state index in [1.54, 1.807) is 0 Å². The number of unbranched alkanes of at least 4 members (excludes halogenated alkanes) is 84. The molecule has 0 unspecified atom stereocenters. The number of hydrogen-bond donors (Lipinski definition) is 0. The lowest BCUT2D eigenvalue weighted by atomic mass is 10.0. The summed E-state index contributed by atoms with van der Waals surface area (Å²) in [6.45, 7) is 46.6.